The highest BCUT2D eigenvalue weighted by Gasteiger charge is 2.28. The number of rotatable bonds is 7. The molecular formula is C21H25NO4S. The molecule has 0 saturated carbocycles. The van der Waals surface area contributed by atoms with Crippen molar-refractivity contribution in [2.24, 2.45) is 0 Å². The Balaban J connectivity index is 1.70. The third-order valence-corrected chi connectivity index (χ3v) is 6.19. The topological polar surface area (TPSA) is 64.6 Å². The van der Waals surface area contributed by atoms with Gasteiger partial charge in [0.1, 0.15) is 10.8 Å². The number of anilines is 1. The fourth-order valence-corrected chi connectivity index (χ4v) is 4.65. The maximum atomic E-state index is 12.4. The van der Waals surface area contributed by atoms with E-state index >= 15 is 0 Å². The quantitative estimate of drug-likeness (QED) is 0.708. The van der Waals surface area contributed by atoms with E-state index in [0.29, 0.717) is 16.5 Å². The zero-order valence-electron chi connectivity index (χ0n) is 16.0. The molecule has 1 heterocycles. The van der Waals surface area contributed by atoms with Crippen LogP contribution in [0.25, 0.3) is 0 Å². The summed E-state index contributed by atoms with van der Waals surface area (Å²) in [6.07, 6.45) is 3.83. The van der Waals surface area contributed by atoms with Crippen molar-refractivity contribution in [3.63, 3.8) is 0 Å². The van der Waals surface area contributed by atoms with E-state index in [1.165, 1.54) is 18.4 Å². The van der Waals surface area contributed by atoms with Gasteiger partial charge in [-0.1, -0.05) is 32.0 Å². The van der Waals surface area contributed by atoms with Crippen LogP contribution in [0.15, 0.2) is 24.3 Å². The maximum Gasteiger partial charge on any atom is 0.341 e. The van der Waals surface area contributed by atoms with Crippen molar-refractivity contribution in [1.82, 2.24) is 0 Å². The number of aryl methyl sites for hydroxylation is 1. The molecule has 1 amide bonds. The lowest BCUT2D eigenvalue weighted by Crippen LogP contribution is -2.21. The van der Waals surface area contributed by atoms with Crippen LogP contribution in [-0.2, 0) is 22.4 Å². The molecule has 6 heteroatoms. The predicted molar refractivity (Wildman–Crippen MR) is 107 cm³/mol. The van der Waals surface area contributed by atoms with Gasteiger partial charge < -0.3 is 14.8 Å². The number of methoxy groups -OCH3 is 1. The van der Waals surface area contributed by atoms with Crippen molar-refractivity contribution >= 4 is 28.2 Å². The lowest BCUT2D eigenvalue weighted by Gasteiger charge is -2.15. The number of esters is 1. The number of fused-ring (bicyclic) bond motifs is 1. The van der Waals surface area contributed by atoms with Gasteiger partial charge in [-0.15, -0.1) is 11.3 Å². The van der Waals surface area contributed by atoms with Crippen LogP contribution in [0, 0.1) is 0 Å². The molecule has 0 saturated heterocycles. The summed E-state index contributed by atoms with van der Waals surface area (Å²) in [4.78, 5) is 25.8. The number of nitrogens with one attached hydrogen (secondary N) is 1. The van der Waals surface area contributed by atoms with Crippen molar-refractivity contribution < 1.29 is 19.1 Å². The molecule has 1 aromatic heterocycles. The average Bonchev–Trinajstić information content (AvgIpc) is 3.26. The summed E-state index contributed by atoms with van der Waals surface area (Å²) in [5, 5.41) is 3.41. The molecule has 0 radical (unpaired) electrons. The van der Waals surface area contributed by atoms with Crippen LogP contribution in [0.5, 0.6) is 5.75 Å². The standard InChI is InChI=1S/C21H25NO4S/c1-4-13(2)14-8-5-6-10-16(14)26-12-18(23)22-20-19(21(24)25-3)15-9-7-11-17(15)27-20/h5-6,8,10,13H,4,7,9,11-12H2,1-3H3,(H,22,23)/t13-/m0/s1. The number of para-hydroxylation sites is 1. The molecule has 0 bridgehead atoms. The molecule has 0 spiro atoms. The zero-order valence-corrected chi connectivity index (χ0v) is 16.8. The molecule has 144 valence electrons. The van der Waals surface area contributed by atoms with Gasteiger partial charge in [0.25, 0.3) is 5.91 Å². The van der Waals surface area contributed by atoms with Crippen molar-refractivity contribution in [3.8, 4) is 5.75 Å². The minimum atomic E-state index is -0.396. The molecule has 1 aliphatic carbocycles. The molecule has 0 fully saturated rings. The molecule has 0 aliphatic heterocycles. The van der Waals surface area contributed by atoms with Crippen LogP contribution in [0.1, 0.15) is 59.0 Å². The largest absolute Gasteiger partial charge is 0.483 e. The van der Waals surface area contributed by atoms with E-state index in [4.69, 9.17) is 9.47 Å². The van der Waals surface area contributed by atoms with Crippen LogP contribution in [0.4, 0.5) is 5.00 Å². The summed E-state index contributed by atoms with van der Waals surface area (Å²) < 4.78 is 10.7. The number of amides is 1. The van der Waals surface area contributed by atoms with Crippen LogP contribution < -0.4 is 10.1 Å². The van der Waals surface area contributed by atoms with Gasteiger partial charge in [-0.3, -0.25) is 4.79 Å². The molecule has 5 nitrogen and oxygen atoms in total. The van der Waals surface area contributed by atoms with E-state index in [1.54, 1.807) is 0 Å². The van der Waals surface area contributed by atoms with E-state index in [1.807, 2.05) is 24.3 Å². The number of hydrogen-bond donors (Lipinski definition) is 1. The lowest BCUT2D eigenvalue weighted by atomic mass is 9.98. The van der Waals surface area contributed by atoms with Crippen LogP contribution in [0.2, 0.25) is 0 Å². The Morgan fingerprint density at radius 1 is 1.26 bits per heavy atom. The normalized spacial score (nSPS) is 13.7. The second-order valence-corrected chi connectivity index (χ2v) is 7.84. The molecule has 1 N–H and O–H groups in total. The number of hydrogen-bond acceptors (Lipinski definition) is 5. The first-order chi connectivity index (χ1) is 13.0. The van der Waals surface area contributed by atoms with Crippen LogP contribution in [-0.4, -0.2) is 25.6 Å². The minimum Gasteiger partial charge on any atom is -0.483 e. The fraction of sp³-hybridized carbons (Fsp3) is 0.429. The Morgan fingerprint density at radius 2 is 2.04 bits per heavy atom. The molecular weight excluding hydrogens is 362 g/mol. The molecule has 1 aliphatic rings. The van der Waals surface area contributed by atoms with Gasteiger partial charge in [-0.25, -0.2) is 4.79 Å². The van der Waals surface area contributed by atoms with Gasteiger partial charge >= 0.3 is 5.97 Å². The summed E-state index contributed by atoms with van der Waals surface area (Å²) >= 11 is 1.47. The highest BCUT2D eigenvalue weighted by molar-refractivity contribution is 7.17. The van der Waals surface area contributed by atoms with Crippen LogP contribution in [0.3, 0.4) is 0 Å². The SMILES string of the molecule is CC[C@H](C)c1ccccc1OCC(=O)Nc1sc2c(c1C(=O)OC)CCC2. The van der Waals surface area contributed by atoms with Gasteiger partial charge in [0.15, 0.2) is 6.61 Å². The molecule has 1 aromatic carbocycles. The van der Waals surface area contributed by atoms with Crippen molar-refractivity contribution in [2.75, 3.05) is 19.0 Å². The first-order valence-corrected chi connectivity index (χ1v) is 10.1. The third kappa shape index (κ3) is 4.16. The summed E-state index contributed by atoms with van der Waals surface area (Å²) in [5.74, 6) is 0.408. The Kier molecular flexibility index (Phi) is 6.16. The van der Waals surface area contributed by atoms with Gasteiger partial charge in [0.05, 0.1) is 12.7 Å². The smallest absolute Gasteiger partial charge is 0.341 e. The molecule has 1 atom stereocenters. The number of carbonyl (C=O) groups excluding carboxylic acids is 2. The number of ether oxygens (including phenoxy) is 2. The van der Waals surface area contributed by atoms with E-state index in [2.05, 4.69) is 19.2 Å². The van der Waals surface area contributed by atoms with E-state index < -0.39 is 5.97 Å². The summed E-state index contributed by atoms with van der Waals surface area (Å²) in [6, 6.07) is 7.79. The highest BCUT2D eigenvalue weighted by atomic mass is 32.1. The molecule has 3 rings (SSSR count). The van der Waals surface area contributed by atoms with Crippen molar-refractivity contribution in [3.05, 3.63) is 45.8 Å². The molecule has 0 unspecified atom stereocenters. The average molecular weight is 388 g/mol. The summed E-state index contributed by atoms with van der Waals surface area (Å²) in [7, 11) is 1.36. The maximum absolute atomic E-state index is 12.4. The number of carbonyl (C=O) groups is 2. The van der Waals surface area contributed by atoms with Crippen molar-refractivity contribution in [2.45, 2.75) is 45.4 Å². The predicted octanol–water partition coefficient (Wildman–Crippen LogP) is 4.55. The van der Waals surface area contributed by atoms with E-state index in [0.717, 1.165) is 47.4 Å². The lowest BCUT2D eigenvalue weighted by molar-refractivity contribution is -0.118. The molecule has 27 heavy (non-hydrogen) atoms. The third-order valence-electron chi connectivity index (χ3n) is 4.98. The second kappa shape index (κ2) is 8.57. The second-order valence-electron chi connectivity index (χ2n) is 6.74. The fourth-order valence-electron chi connectivity index (χ4n) is 3.36. The van der Waals surface area contributed by atoms with Crippen molar-refractivity contribution in [1.29, 1.82) is 0 Å². The van der Waals surface area contributed by atoms with Gasteiger partial charge in [-0.2, -0.15) is 0 Å². The number of thiophene rings is 1. The first-order valence-electron chi connectivity index (χ1n) is 9.29. The Morgan fingerprint density at radius 3 is 2.78 bits per heavy atom. The summed E-state index contributed by atoms with van der Waals surface area (Å²) in [6.45, 7) is 4.16. The zero-order chi connectivity index (χ0) is 19.4. The first kappa shape index (κ1) is 19.4. The van der Waals surface area contributed by atoms with Gasteiger partial charge in [-0.05, 0) is 48.8 Å². The minimum absolute atomic E-state index is 0.101. The molecule has 2 aromatic rings. The Labute approximate surface area is 163 Å². The van der Waals surface area contributed by atoms with Crippen LogP contribution >= 0.6 is 11.3 Å². The summed E-state index contributed by atoms with van der Waals surface area (Å²) in [5.41, 5.74) is 2.62. The Hall–Kier alpha value is -2.34. The van der Waals surface area contributed by atoms with E-state index in [9.17, 15) is 9.59 Å². The number of benzene rings is 1. The Bertz CT molecular complexity index is 843. The highest BCUT2D eigenvalue weighted by Crippen LogP contribution is 2.39. The van der Waals surface area contributed by atoms with Gasteiger partial charge in [0.2, 0.25) is 0 Å². The van der Waals surface area contributed by atoms with E-state index in [-0.39, 0.29) is 12.5 Å². The van der Waals surface area contributed by atoms with Gasteiger partial charge in [0, 0.05) is 4.88 Å². The monoisotopic (exact) mass is 387 g/mol.